The highest BCUT2D eigenvalue weighted by molar-refractivity contribution is 8.00. The lowest BCUT2D eigenvalue weighted by atomic mass is 10.1. The fourth-order valence-electron chi connectivity index (χ4n) is 2.06. The van der Waals surface area contributed by atoms with Gasteiger partial charge in [0.1, 0.15) is 0 Å². The summed E-state index contributed by atoms with van der Waals surface area (Å²) in [5.41, 5.74) is 2.76. The molecule has 1 atom stereocenters. The molecule has 0 spiro atoms. The minimum atomic E-state index is 0.0708. The fourth-order valence-corrected chi connectivity index (χ4v) is 3.22. The highest BCUT2D eigenvalue weighted by atomic mass is 32.2. The van der Waals surface area contributed by atoms with Gasteiger partial charge in [-0.3, -0.25) is 4.79 Å². The van der Waals surface area contributed by atoms with E-state index in [4.69, 9.17) is 5.11 Å². The molecule has 0 saturated carbocycles. The molecule has 1 fully saturated rings. The number of anilines is 1. The van der Waals surface area contributed by atoms with Gasteiger partial charge in [-0.05, 0) is 43.2 Å². The number of aliphatic hydroxyl groups is 1. The van der Waals surface area contributed by atoms with E-state index in [-0.39, 0.29) is 17.8 Å². The van der Waals surface area contributed by atoms with Gasteiger partial charge in [0.15, 0.2) is 0 Å². The van der Waals surface area contributed by atoms with Crippen molar-refractivity contribution in [1.82, 2.24) is 0 Å². The summed E-state index contributed by atoms with van der Waals surface area (Å²) in [6, 6.07) is 5.77. The van der Waals surface area contributed by atoms with E-state index in [9.17, 15) is 4.79 Å². The summed E-state index contributed by atoms with van der Waals surface area (Å²) in [5.74, 6) is 7.10. The molecule has 2 N–H and O–H groups in total. The van der Waals surface area contributed by atoms with Crippen LogP contribution in [0.25, 0.3) is 0 Å². The highest BCUT2D eigenvalue weighted by Crippen LogP contribution is 2.27. The SMILES string of the molecule is Cc1ccc(NC(=O)C2CCCS2)cc1C#CCCO. The lowest BCUT2D eigenvalue weighted by Crippen LogP contribution is -2.22. The Bertz CT molecular complexity index is 539. The lowest BCUT2D eigenvalue weighted by molar-refractivity contribution is -0.115. The second-order valence-corrected chi connectivity index (χ2v) is 6.11. The van der Waals surface area contributed by atoms with Gasteiger partial charge in [0.25, 0.3) is 0 Å². The summed E-state index contributed by atoms with van der Waals surface area (Å²) in [4.78, 5) is 12.1. The van der Waals surface area contributed by atoms with Gasteiger partial charge in [-0.25, -0.2) is 0 Å². The Morgan fingerprint density at radius 3 is 3.10 bits per heavy atom. The highest BCUT2D eigenvalue weighted by Gasteiger charge is 2.23. The second kappa shape index (κ2) is 7.37. The third-order valence-corrected chi connectivity index (χ3v) is 4.56. The minimum absolute atomic E-state index is 0.0708. The molecule has 0 aliphatic carbocycles. The maximum absolute atomic E-state index is 12.1. The lowest BCUT2D eigenvalue weighted by Gasteiger charge is -2.11. The Morgan fingerprint density at radius 1 is 1.55 bits per heavy atom. The number of aryl methyl sites for hydroxylation is 1. The molecule has 1 aromatic rings. The molecular weight excluding hydrogens is 270 g/mol. The van der Waals surface area contributed by atoms with E-state index in [1.807, 2.05) is 25.1 Å². The maximum atomic E-state index is 12.1. The average molecular weight is 289 g/mol. The quantitative estimate of drug-likeness (QED) is 0.841. The smallest absolute Gasteiger partial charge is 0.237 e. The van der Waals surface area contributed by atoms with Crippen LogP contribution in [0.3, 0.4) is 0 Å². The molecular formula is C16H19NO2S. The molecule has 1 aliphatic rings. The number of amides is 1. The predicted octanol–water partition coefficient (Wildman–Crippen LogP) is 2.56. The largest absolute Gasteiger partial charge is 0.395 e. The summed E-state index contributed by atoms with van der Waals surface area (Å²) < 4.78 is 0. The number of thioether (sulfide) groups is 1. The van der Waals surface area contributed by atoms with Gasteiger partial charge in [0.2, 0.25) is 5.91 Å². The number of nitrogens with one attached hydrogen (secondary N) is 1. The Morgan fingerprint density at radius 2 is 2.40 bits per heavy atom. The van der Waals surface area contributed by atoms with Crippen molar-refractivity contribution in [2.24, 2.45) is 0 Å². The first-order chi connectivity index (χ1) is 9.70. The van der Waals surface area contributed by atoms with Crippen LogP contribution >= 0.6 is 11.8 Å². The summed E-state index contributed by atoms with van der Waals surface area (Å²) in [5, 5.41) is 11.8. The van der Waals surface area contributed by atoms with E-state index in [2.05, 4.69) is 17.2 Å². The van der Waals surface area contributed by atoms with Crippen molar-refractivity contribution >= 4 is 23.4 Å². The van der Waals surface area contributed by atoms with E-state index >= 15 is 0 Å². The Labute approximate surface area is 124 Å². The molecule has 3 nitrogen and oxygen atoms in total. The first kappa shape index (κ1) is 15.0. The summed E-state index contributed by atoms with van der Waals surface area (Å²) in [6.45, 7) is 2.06. The van der Waals surface area contributed by atoms with E-state index in [0.717, 1.165) is 35.4 Å². The number of aliphatic hydroxyl groups excluding tert-OH is 1. The first-order valence-electron chi connectivity index (χ1n) is 6.83. The summed E-state index contributed by atoms with van der Waals surface area (Å²) >= 11 is 1.73. The molecule has 2 rings (SSSR count). The maximum Gasteiger partial charge on any atom is 0.237 e. The number of carbonyl (C=O) groups excluding carboxylic acids is 1. The molecule has 0 bridgehead atoms. The molecule has 0 radical (unpaired) electrons. The number of hydrogen-bond acceptors (Lipinski definition) is 3. The van der Waals surface area contributed by atoms with Crippen molar-refractivity contribution in [3.05, 3.63) is 29.3 Å². The van der Waals surface area contributed by atoms with Gasteiger partial charge in [0.05, 0.1) is 11.9 Å². The Hall–Kier alpha value is -1.44. The van der Waals surface area contributed by atoms with E-state index in [1.165, 1.54) is 0 Å². The third kappa shape index (κ3) is 4.03. The summed E-state index contributed by atoms with van der Waals surface area (Å²) in [6.07, 6.45) is 2.55. The normalized spacial score (nSPS) is 17.4. The predicted molar refractivity (Wildman–Crippen MR) is 83.9 cm³/mol. The van der Waals surface area contributed by atoms with Crippen molar-refractivity contribution < 1.29 is 9.90 Å². The number of hydrogen-bond donors (Lipinski definition) is 2. The van der Waals surface area contributed by atoms with E-state index < -0.39 is 0 Å². The van der Waals surface area contributed by atoms with Crippen LogP contribution in [0.5, 0.6) is 0 Å². The molecule has 1 saturated heterocycles. The zero-order valence-electron chi connectivity index (χ0n) is 11.6. The zero-order chi connectivity index (χ0) is 14.4. The molecule has 4 heteroatoms. The van der Waals surface area contributed by atoms with Crippen LogP contribution in [-0.2, 0) is 4.79 Å². The van der Waals surface area contributed by atoms with Gasteiger partial charge < -0.3 is 10.4 Å². The fraction of sp³-hybridized carbons (Fsp3) is 0.438. The van der Waals surface area contributed by atoms with E-state index in [1.54, 1.807) is 11.8 Å². The van der Waals surface area contributed by atoms with Crippen LogP contribution in [0.4, 0.5) is 5.69 Å². The topological polar surface area (TPSA) is 49.3 Å². The van der Waals surface area contributed by atoms with Gasteiger partial charge in [-0.15, -0.1) is 11.8 Å². The summed E-state index contributed by atoms with van der Waals surface area (Å²) in [7, 11) is 0. The first-order valence-corrected chi connectivity index (χ1v) is 7.88. The zero-order valence-corrected chi connectivity index (χ0v) is 12.4. The van der Waals surface area contributed by atoms with Crippen LogP contribution in [0.2, 0.25) is 0 Å². The Balaban J connectivity index is 2.07. The third-order valence-electron chi connectivity index (χ3n) is 3.19. The molecule has 1 aromatic carbocycles. The Kier molecular flexibility index (Phi) is 5.51. The van der Waals surface area contributed by atoms with Gasteiger partial charge in [-0.1, -0.05) is 17.9 Å². The molecule has 106 valence electrons. The van der Waals surface area contributed by atoms with Crippen LogP contribution in [0, 0.1) is 18.8 Å². The van der Waals surface area contributed by atoms with Crippen LogP contribution < -0.4 is 5.32 Å². The molecule has 20 heavy (non-hydrogen) atoms. The molecule has 0 aromatic heterocycles. The second-order valence-electron chi connectivity index (χ2n) is 4.80. The standard InChI is InChI=1S/C16H19NO2S/c1-12-7-8-14(11-13(12)5-2-3-9-18)17-16(19)15-6-4-10-20-15/h7-8,11,15,18H,3-4,6,9-10H2,1H3,(H,17,19). The van der Waals surface area contributed by atoms with Crippen LogP contribution in [0.1, 0.15) is 30.4 Å². The van der Waals surface area contributed by atoms with Crippen LogP contribution in [0.15, 0.2) is 18.2 Å². The van der Waals surface area contributed by atoms with Crippen molar-refractivity contribution in [2.75, 3.05) is 17.7 Å². The molecule has 1 aliphatic heterocycles. The van der Waals surface area contributed by atoms with Gasteiger partial charge >= 0.3 is 0 Å². The monoisotopic (exact) mass is 289 g/mol. The number of rotatable bonds is 3. The van der Waals surface area contributed by atoms with Gasteiger partial charge in [-0.2, -0.15) is 0 Å². The molecule has 1 amide bonds. The molecule has 1 heterocycles. The van der Waals surface area contributed by atoms with E-state index in [0.29, 0.717) is 6.42 Å². The molecule has 1 unspecified atom stereocenters. The van der Waals surface area contributed by atoms with Crippen molar-refractivity contribution in [1.29, 1.82) is 0 Å². The average Bonchev–Trinajstić information content (AvgIpc) is 2.96. The van der Waals surface area contributed by atoms with Crippen molar-refractivity contribution in [2.45, 2.75) is 31.4 Å². The van der Waals surface area contributed by atoms with Crippen molar-refractivity contribution in [3.63, 3.8) is 0 Å². The van der Waals surface area contributed by atoms with Crippen molar-refractivity contribution in [3.8, 4) is 11.8 Å². The number of benzene rings is 1. The van der Waals surface area contributed by atoms with Crippen LogP contribution in [-0.4, -0.2) is 28.6 Å². The van der Waals surface area contributed by atoms with Gasteiger partial charge in [0, 0.05) is 17.7 Å². The number of carbonyl (C=O) groups is 1. The minimum Gasteiger partial charge on any atom is -0.395 e.